The van der Waals surface area contributed by atoms with Crippen molar-refractivity contribution >= 4 is 53.1 Å². The quantitative estimate of drug-likeness (QED) is 0.0295. The largest absolute Gasteiger partial charge is 0.497 e. The maximum atomic E-state index is 13.9. The number of carbonyl (C=O) groups excluding carboxylic acids is 5. The second kappa shape index (κ2) is 24.3. The monoisotopic (exact) mass is 847 g/mol. The number of nitrogens with one attached hydrogen (secondary N) is 4. The molecule has 4 aromatic rings. The van der Waals surface area contributed by atoms with E-state index in [1.54, 1.807) is 66.7 Å². The van der Waals surface area contributed by atoms with Crippen molar-refractivity contribution < 1.29 is 42.9 Å². The summed E-state index contributed by atoms with van der Waals surface area (Å²) >= 11 is 12.5. The van der Waals surface area contributed by atoms with Gasteiger partial charge < -0.3 is 40.2 Å². The first-order chi connectivity index (χ1) is 28.5. The van der Waals surface area contributed by atoms with Gasteiger partial charge >= 0.3 is 12.2 Å². The smallest absolute Gasteiger partial charge is 0.408 e. The number of carbonyl (C=O) groups is 5. The van der Waals surface area contributed by atoms with Crippen molar-refractivity contribution in [1.29, 1.82) is 0 Å². The second-order valence-electron chi connectivity index (χ2n) is 12.8. The second-order valence-corrected chi connectivity index (χ2v) is 13.6. The molecule has 4 rings (SSSR count). The minimum atomic E-state index is -1.24. The van der Waals surface area contributed by atoms with Crippen molar-refractivity contribution in [2.75, 3.05) is 20.2 Å². The molecule has 16 nitrogen and oxygen atoms in total. The lowest BCUT2D eigenvalue weighted by atomic mass is 10.0. The van der Waals surface area contributed by atoms with Gasteiger partial charge in [0.25, 0.3) is 0 Å². The van der Waals surface area contributed by atoms with E-state index in [2.05, 4.69) is 31.3 Å². The van der Waals surface area contributed by atoms with Gasteiger partial charge in [0.2, 0.25) is 17.7 Å². The van der Waals surface area contributed by atoms with E-state index in [0.29, 0.717) is 51.1 Å². The minimum Gasteiger partial charge on any atom is -0.497 e. The fourth-order valence-corrected chi connectivity index (χ4v) is 5.90. The van der Waals surface area contributed by atoms with Crippen molar-refractivity contribution in [3.63, 3.8) is 0 Å². The van der Waals surface area contributed by atoms with E-state index in [1.165, 1.54) is 7.11 Å². The average Bonchev–Trinajstić information content (AvgIpc) is 3.24. The molecule has 5 amide bonds. The number of azide groups is 1. The van der Waals surface area contributed by atoms with Crippen LogP contribution in [0.25, 0.3) is 10.4 Å². The van der Waals surface area contributed by atoms with Crippen LogP contribution in [-0.2, 0) is 50.1 Å². The van der Waals surface area contributed by atoms with Crippen molar-refractivity contribution in [3.05, 3.63) is 140 Å². The summed E-state index contributed by atoms with van der Waals surface area (Å²) < 4.78 is 21.7. The number of ether oxygens (including phenoxy) is 4. The van der Waals surface area contributed by atoms with E-state index in [0.717, 1.165) is 5.56 Å². The molecule has 59 heavy (non-hydrogen) atoms. The molecule has 0 aromatic heterocycles. The topological polar surface area (TPSA) is 219 Å². The molecule has 0 saturated heterocycles. The zero-order valence-corrected chi connectivity index (χ0v) is 33.5. The third-order valence-electron chi connectivity index (χ3n) is 8.55. The highest BCUT2D eigenvalue weighted by Crippen LogP contribution is 2.26. The lowest BCUT2D eigenvalue weighted by Crippen LogP contribution is -2.54. The summed E-state index contributed by atoms with van der Waals surface area (Å²) in [6.45, 7) is -0.307. The predicted molar refractivity (Wildman–Crippen MR) is 219 cm³/mol. The summed E-state index contributed by atoms with van der Waals surface area (Å²) in [6, 6.07) is 25.5. The van der Waals surface area contributed by atoms with Crippen molar-refractivity contribution in [2.24, 2.45) is 5.11 Å². The Hall–Kier alpha value is -6.48. The highest BCUT2D eigenvalue weighted by atomic mass is 35.5. The number of rotatable bonds is 21. The van der Waals surface area contributed by atoms with Gasteiger partial charge in [-0.2, -0.15) is 0 Å². The molecule has 0 bridgehead atoms. The van der Waals surface area contributed by atoms with Crippen molar-refractivity contribution in [2.45, 2.75) is 57.6 Å². The van der Waals surface area contributed by atoms with Crippen LogP contribution < -0.4 is 30.7 Å². The zero-order valence-electron chi connectivity index (χ0n) is 32.0. The molecule has 0 aliphatic heterocycles. The first-order valence-electron chi connectivity index (χ1n) is 18.4. The zero-order chi connectivity index (χ0) is 42.4. The number of alkyl carbamates (subject to hydrolysis) is 2. The molecular formula is C41H43Cl2N7O9. The number of halogens is 2. The number of amides is 5. The lowest BCUT2D eigenvalue weighted by molar-refractivity contribution is -0.131. The van der Waals surface area contributed by atoms with Crippen LogP contribution in [0.5, 0.6) is 11.5 Å². The van der Waals surface area contributed by atoms with Gasteiger partial charge in [-0.15, -0.1) is 0 Å². The average molecular weight is 849 g/mol. The van der Waals surface area contributed by atoms with Crippen LogP contribution >= 0.6 is 23.2 Å². The van der Waals surface area contributed by atoms with Gasteiger partial charge in [-0.25, -0.2) is 9.59 Å². The standard InChI is InChI=1S/C41H43Cl2N7O9/c1-56-30-17-15-29(16-18-30)25-59-41(55)48-36(22-27-13-19-31(20-14-27)57-26-32-33(42)10-7-11-34(32)43)39(53)47-35(38(52)46-23-37(51)49-50-44)12-5-6-21-45-40(54)58-24-28-8-3-2-4-9-28/h2-4,7-11,13-20,35-36H,5-6,12,21-26H2,1H3,(H,45,54)(H,46,52)(H,47,53)(H,48,55)/t35-,36-/m0/s1. The van der Waals surface area contributed by atoms with Crippen LogP contribution in [0.1, 0.15) is 41.5 Å². The van der Waals surface area contributed by atoms with Gasteiger partial charge in [-0.1, -0.05) is 83.9 Å². The fraction of sp³-hybridized carbons (Fsp3) is 0.293. The van der Waals surface area contributed by atoms with E-state index in [9.17, 15) is 24.0 Å². The minimum absolute atomic E-state index is 0.0290. The number of hydrogen-bond acceptors (Lipinski definition) is 9. The molecule has 310 valence electrons. The summed E-state index contributed by atoms with van der Waals surface area (Å²) in [4.78, 5) is 66.7. The molecule has 0 fully saturated rings. The normalized spacial score (nSPS) is 11.4. The highest BCUT2D eigenvalue weighted by Gasteiger charge is 2.28. The molecule has 4 aromatic carbocycles. The van der Waals surface area contributed by atoms with Gasteiger partial charge in [0.1, 0.15) is 43.4 Å². The van der Waals surface area contributed by atoms with Crippen molar-refractivity contribution in [1.82, 2.24) is 21.3 Å². The number of benzene rings is 4. The van der Waals surface area contributed by atoms with E-state index < -0.39 is 48.5 Å². The van der Waals surface area contributed by atoms with Crippen LogP contribution in [0.2, 0.25) is 10.0 Å². The SMILES string of the molecule is COc1ccc(COC(=O)N[C@@H](Cc2ccc(OCc3c(Cl)cccc3Cl)cc2)C(=O)N[C@@H](CCCCNC(=O)OCc2ccccc2)C(=O)NCC(=O)N=[N+]=[N-])cc1. The molecule has 2 atom stereocenters. The number of unbranched alkanes of at least 4 members (excludes halogenated alkanes) is 1. The van der Waals surface area contributed by atoms with Crippen molar-refractivity contribution in [3.8, 4) is 11.5 Å². The van der Waals surface area contributed by atoms with E-state index >= 15 is 0 Å². The van der Waals surface area contributed by atoms with E-state index in [-0.39, 0.29) is 39.2 Å². The summed E-state index contributed by atoms with van der Waals surface area (Å²) in [5.74, 6) is -1.30. The maximum absolute atomic E-state index is 13.9. The van der Waals surface area contributed by atoms with Crippen LogP contribution in [0.4, 0.5) is 9.59 Å². The van der Waals surface area contributed by atoms with E-state index in [4.69, 9.17) is 47.7 Å². The van der Waals surface area contributed by atoms with Gasteiger partial charge in [-0.05, 0) is 83.0 Å². The Morgan fingerprint density at radius 3 is 1.97 bits per heavy atom. The molecule has 4 N–H and O–H groups in total. The predicted octanol–water partition coefficient (Wildman–Crippen LogP) is 6.95. The molecule has 0 radical (unpaired) electrons. The molecule has 0 aliphatic carbocycles. The Balaban J connectivity index is 1.42. The molecule has 0 heterocycles. The maximum Gasteiger partial charge on any atom is 0.408 e. The number of hydrogen-bond donors (Lipinski definition) is 4. The molecule has 18 heteroatoms. The Morgan fingerprint density at radius 2 is 1.31 bits per heavy atom. The molecule has 0 unspecified atom stereocenters. The molecular weight excluding hydrogens is 805 g/mol. The van der Waals surface area contributed by atoms with Gasteiger partial charge in [0, 0.05) is 33.5 Å². The van der Waals surface area contributed by atoms with Crippen LogP contribution in [0.3, 0.4) is 0 Å². The fourth-order valence-electron chi connectivity index (χ4n) is 5.40. The van der Waals surface area contributed by atoms with Gasteiger partial charge in [0.15, 0.2) is 0 Å². The molecule has 0 aliphatic rings. The lowest BCUT2D eigenvalue weighted by Gasteiger charge is -2.23. The highest BCUT2D eigenvalue weighted by molar-refractivity contribution is 6.35. The Labute approximate surface area is 350 Å². The Kier molecular flexibility index (Phi) is 18.6. The number of methoxy groups -OCH3 is 1. The number of nitrogens with zero attached hydrogens (tertiary/aromatic N) is 3. The molecule has 0 spiro atoms. The summed E-state index contributed by atoms with van der Waals surface area (Å²) in [6.07, 6.45) is -0.740. The first-order valence-corrected chi connectivity index (χ1v) is 19.1. The van der Waals surface area contributed by atoms with Crippen LogP contribution in [0, 0.1) is 0 Å². The van der Waals surface area contributed by atoms with Gasteiger partial charge in [0.05, 0.1) is 13.7 Å². The Bertz CT molecular complexity index is 2050. The van der Waals surface area contributed by atoms with E-state index in [1.807, 2.05) is 30.3 Å². The summed E-state index contributed by atoms with van der Waals surface area (Å²) in [5.41, 5.74) is 11.3. The third kappa shape index (κ3) is 16.1. The summed E-state index contributed by atoms with van der Waals surface area (Å²) in [7, 11) is 1.53. The molecule has 0 saturated carbocycles. The van der Waals surface area contributed by atoms with Crippen LogP contribution in [0.15, 0.2) is 102 Å². The third-order valence-corrected chi connectivity index (χ3v) is 9.26. The summed E-state index contributed by atoms with van der Waals surface area (Å²) in [5, 5.41) is 14.1. The van der Waals surface area contributed by atoms with Gasteiger partial charge in [-0.3, -0.25) is 14.4 Å². The first kappa shape index (κ1) is 45.2. The Morgan fingerprint density at radius 1 is 0.678 bits per heavy atom. The van der Waals surface area contributed by atoms with Crippen LogP contribution in [-0.4, -0.2) is 62.2 Å².